The van der Waals surface area contributed by atoms with Gasteiger partial charge < -0.3 is 34.5 Å². The first-order chi connectivity index (χ1) is 27.2. The van der Waals surface area contributed by atoms with E-state index >= 15 is 0 Å². The Hall–Kier alpha value is -4.26. The summed E-state index contributed by atoms with van der Waals surface area (Å²) in [4.78, 5) is 64.4. The van der Waals surface area contributed by atoms with Gasteiger partial charge in [-0.15, -0.1) is 0 Å². The van der Waals surface area contributed by atoms with Crippen molar-refractivity contribution in [3.8, 4) is 11.6 Å². The number of nitrogens with zero attached hydrogens (tertiary/aromatic N) is 3. The number of aromatic nitrogens is 1. The Bertz CT molecular complexity index is 2000. The maximum absolute atomic E-state index is 14.8. The lowest BCUT2D eigenvalue weighted by Gasteiger charge is -2.37. The Morgan fingerprint density at radius 2 is 1.78 bits per heavy atom. The quantitative estimate of drug-likeness (QED) is 0.237. The van der Waals surface area contributed by atoms with Crippen molar-refractivity contribution in [2.24, 2.45) is 11.3 Å². The molecule has 18 heteroatoms. The second kappa shape index (κ2) is 16.4. The fourth-order valence-electron chi connectivity index (χ4n) is 7.79. The second-order valence-corrected chi connectivity index (χ2v) is 19.1. The molecule has 5 atom stereocenters. The van der Waals surface area contributed by atoms with Crippen LogP contribution >= 0.6 is 0 Å². The van der Waals surface area contributed by atoms with Gasteiger partial charge in [0.15, 0.2) is 0 Å². The molecule has 320 valence electrons. The average Bonchev–Trinajstić information content (AvgIpc) is 4.01. The van der Waals surface area contributed by atoms with Crippen LogP contribution in [0.25, 0.3) is 10.8 Å². The van der Waals surface area contributed by atoms with Gasteiger partial charge in [0, 0.05) is 37.6 Å². The number of ether oxygens (including phenoxy) is 4. The molecule has 0 radical (unpaired) electrons. The van der Waals surface area contributed by atoms with E-state index in [4.69, 9.17) is 23.1 Å². The summed E-state index contributed by atoms with van der Waals surface area (Å²) in [6, 6.07) is 4.92. The van der Waals surface area contributed by atoms with E-state index in [1.807, 2.05) is 29.8 Å². The van der Waals surface area contributed by atoms with Crippen molar-refractivity contribution in [1.82, 2.24) is 30.1 Å². The zero-order valence-corrected chi connectivity index (χ0v) is 35.5. The van der Waals surface area contributed by atoms with Gasteiger partial charge in [0.2, 0.25) is 17.7 Å². The number of pyridine rings is 1. The molecule has 2 aliphatic heterocycles. The van der Waals surface area contributed by atoms with Gasteiger partial charge in [-0.2, -0.15) is 8.42 Å². The van der Waals surface area contributed by atoms with E-state index in [0.717, 1.165) is 5.39 Å². The summed E-state index contributed by atoms with van der Waals surface area (Å²) >= 11 is 0. The molecule has 1 aromatic heterocycles. The topological polar surface area (TPSA) is 204 Å². The molecule has 1 aromatic carbocycles. The predicted octanol–water partition coefficient (Wildman–Crippen LogP) is 3.06. The lowest BCUT2D eigenvalue weighted by atomic mass is 9.85. The highest BCUT2D eigenvalue weighted by Gasteiger charge is 2.62. The minimum absolute atomic E-state index is 0.00788. The smallest absolute Gasteiger partial charge is 0.408 e. The standard InChI is InChI=1S/C40H58N6O11S/c1-9-26-22-40(26,35(49)44-58(51,52)57-39(7)13-14-39)43-32(47)30-21-28(55-33-29-11-10-27(53-8)20-25(29)12-15-41-33)23-46(30)34(48)31(37(2,3)4)42-36(50)56-38(5,6)24-45-16-18-54-19-17-45/h10-12,15,20,26,28,30-31H,9,13-14,16-19,21-24H2,1-8H3,(H,42,50)(H,43,47)(H,44,49)/t26-,28?,30?,31?,40+/m0/s1. The zero-order valence-electron chi connectivity index (χ0n) is 34.7. The molecule has 4 aliphatic rings. The molecule has 6 rings (SSSR count). The average molecular weight is 831 g/mol. The Morgan fingerprint density at radius 1 is 1.07 bits per heavy atom. The van der Waals surface area contributed by atoms with Gasteiger partial charge in [-0.1, -0.05) is 34.1 Å². The van der Waals surface area contributed by atoms with Crippen LogP contribution in [0, 0.1) is 11.3 Å². The van der Waals surface area contributed by atoms with E-state index in [1.54, 1.807) is 60.9 Å². The Morgan fingerprint density at radius 3 is 2.40 bits per heavy atom. The first-order valence-corrected chi connectivity index (χ1v) is 21.4. The molecule has 4 amide bonds. The Balaban J connectivity index is 1.25. The van der Waals surface area contributed by atoms with Crippen molar-refractivity contribution in [1.29, 1.82) is 0 Å². The maximum Gasteiger partial charge on any atom is 0.408 e. The van der Waals surface area contributed by atoms with Gasteiger partial charge in [0.1, 0.15) is 35.1 Å². The van der Waals surface area contributed by atoms with Crippen LogP contribution in [0.1, 0.15) is 80.6 Å². The van der Waals surface area contributed by atoms with Crippen molar-refractivity contribution in [3.05, 3.63) is 30.5 Å². The second-order valence-electron chi connectivity index (χ2n) is 17.9. The third kappa shape index (κ3) is 10.1. The summed E-state index contributed by atoms with van der Waals surface area (Å²) in [6.07, 6.45) is 1.80. The summed E-state index contributed by atoms with van der Waals surface area (Å²) in [7, 11) is -2.90. The summed E-state index contributed by atoms with van der Waals surface area (Å²) < 4.78 is 56.1. The monoisotopic (exact) mass is 830 g/mol. The van der Waals surface area contributed by atoms with Crippen LogP contribution in [-0.4, -0.2) is 128 Å². The highest BCUT2D eigenvalue weighted by molar-refractivity contribution is 7.85. The molecule has 2 aromatic rings. The van der Waals surface area contributed by atoms with Crippen molar-refractivity contribution in [2.75, 3.05) is 46.5 Å². The van der Waals surface area contributed by atoms with Crippen molar-refractivity contribution < 1.29 is 50.7 Å². The van der Waals surface area contributed by atoms with Gasteiger partial charge >= 0.3 is 16.4 Å². The van der Waals surface area contributed by atoms with E-state index in [-0.39, 0.29) is 31.2 Å². The van der Waals surface area contributed by atoms with E-state index in [2.05, 4.69) is 20.5 Å². The van der Waals surface area contributed by atoms with E-state index in [9.17, 15) is 27.6 Å². The Labute approximate surface area is 340 Å². The number of hydrogen-bond acceptors (Lipinski definition) is 13. The lowest BCUT2D eigenvalue weighted by molar-refractivity contribution is -0.143. The first kappa shape index (κ1) is 43.3. The lowest BCUT2D eigenvalue weighted by Crippen LogP contribution is -2.60. The van der Waals surface area contributed by atoms with Crippen LogP contribution in [-0.2, 0) is 38.3 Å². The van der Waals surface area contributed by atoms with E-state index < -0.39 is 74.5 Å². The SMILES string of the molecule is CC[C@H]1C[C@]1(NC(=O)C1CC(Oc2nccc3cc(OC)ccc23)CN1C(=O)C(NC(=O)OC(C)(C)CN1CCOCC1)C(C)(C)C)C(=O)NS(=O)(=O)OC1(C)CC1. The number of carbonyl (C=O) groups excluding carboxylic acids is 4. The summed E-state index contributed by atoms with van der Waals surface area (Å²) in [6.45, 7) is 15.4. The van der Waals surface area contributed by atoms with E-state index in [0.29, 0.717) is 63.2 Å². The molecular weight excluding hydrogens is 773 g/mol. The molecule has 58 heavy (non-hydrogen) atoms. The predicted molar refractivity (Wildman–Crippen MR) is 212 cm³/mol. The number of hydrogen-bond donors (Lipinski definition) is 3. The zero-order chi connectivity index (χ0) is 42.3. The van der Waals surface area contributed by atoms with Crippen LogP contribution in [0.4, 0.5) is 4.79 Å². The number of morpholine rings is 1. The molecule has 4 fully saturated rings. The molecule has 0 spiro atoms. The van der Waals surface area contributed by atoms with Gasteiger partial charge in [0.25, 0.3) is 5.91 Å². The molecule has 3 N–H and O–H groups in total. The van der Waals surface area contributed by atoms with Gasteiger partial charge in [-0.25, -0.2) is 18.7 Å². The van der Waals surface area contributed by atoms with Crippen molar-refractivity contribution in [2.45, 2.75) is 115 Å². The van der Waals surface area contributed by atoms with Crippen LogP contribution in [0.5, 0.6) is 11.6 Å². The number of fused-ring (bicyclic) bond motifs is 1. The van der Waals surface area contributed by atoms with Gasteiger partial charge in [-0.3, -0.25) is 19.3 Å². The molecular formula is C40H58N6O11S. The third-order valence-corrected chi connectivity index (χ3v) is 12.4. The molecule has 3 unspecified atom stereocenters. The third-order valence-electron chi connectivity index (χ3n) is 11.3. The number of nitrogens with one attached hydrogen (secondary N) is 3. The summed E-state index contributed by atoms with van der Waals surface area (Å²) in [5.74, 6) is -1.58. The van der Waals surface area contributed by atoms with Crippen LogP contribution in [0.3, 0.4) is 0 Å². The molecule has 0 bridgehead atoms. The maximum atomic E-state index is 14.8. The number of carbonyl (C=O) groups is 4. The molecule has 2 saturated heterocycles. The number of amides is 4. The first-order valence-electron chi connectivity index (χ1n) is 20.0. The van der Waals surface area contributed by atoms with Crippen LogP contribution < -0.4 is 24.8 Å². The normalized spacial score (nSPS) is 25.0. The number of alkyl carbamates (subject to hydrolysis) is 1. The van der Waals surface area contributed by atoms with Crippen molar-refractivity contribution >= 4 is 44.9 Å². The van der Waals surface area contributed by atoms with Gasteiger partial charge in [0.05, 0.1) is 32.5 Å². The van der Waals surface area contributed by atoms with Crippen LogP contribution in [0.2, 0.25) is 0 Å². The number of rotatable bonds is 15. The number of likely N-dealkylation sites (tertiary alicyclic amines) is 1. The minimum atomic E-state index is -4.47. The highest BCUT2D eigenvalue weighted by atomic mass is 32.2. The fraction of sp³-hybridized carbons (Fsp3) is 0.675. The number of benzene rings is 1. The molecule has 2 aliphatic carbocycles. The summed E-state index contributed by atoms with van der Waals surface area (Å²) in [5, 5.41) is 7.12. The fourth-order valence-corrected chi connectivity index (χ4v) is 8.94. The van der Waals surface area contributed by atoms with Crippen molar-refractivity contribution in [3.63, 3.8) is 0 Å². The summed E-state index contributed by atoms with van der Waals surface area (Å²) in [5.41, 5.74) is -4.17. The molecule has 17 nitrogen and oxygen atoms in total. The van der Waals surface area contributed by atoms with Crippen LogP contribution in [0.15, 0.2) is 30.5 Å². The number of methoxy groups -OCH3 is 1. The molecule has 2 saturated carbocycles. The largest absolute Gasteiger partial charge is 0.497 e. The van der Waals surface area contributed by atoms with E-state index in [1.165, 1.54) is 4.90 Å². The molecule has 3 heterocycles. The Kier molecular flexibility index (Phi) is 12.3. The minimum Gasteiger partial charge on any atom is -0.497 e. The highest BCUT2D eigenvalue weighted by Crippen LogP contribution is 2.47. The van der Waals surface area contributed by atoms with Gasteiger partial charge in [-0.05, 0) is 81.0 Å².